The fourth-order valence-electron chi connectivity index (χ4n) is 7.15. The van der Waals surface area contributed by atoms with Crippen LogP contribution in [0.15, 0.2) is 162 Å². The van der Waals surface area contributed by atoms with Crippen LogP contribution in [-0.4, -0.2) is 10.8 Å². The molecule has 0 aliphatic carbocycles. The van der Waals surface area contributed by atoms with Gasteiger partial charge >= 0.3 is 0 Å². The van der Waals surface area contributed by atoms with Gasteiger partial charge in [-0.1, -0.05) is 127 Å². The highest BCUT2D eigenvalue weighted by Gasteiger charge is 2.26. The van der Waals surface area contributed by atoms with Crippen molar-refractivity contribution < 1.29 is 0 Å². The van der Waals surface area contributed by atoms with Crippen LogP contribution < -0.4 is 5.32 Å². The molecule has 3 heteroatoms. The van der Waals surface area contributed by atoms with Crippen LogP contribution in [0.5, 0.6) is 0 Å². The molecule has 7 aromatic carbocycles. The quantitative estimate of drug-likeness (QED) is 0.211. The largest absolute Gasteiger partial charge is 0.359 e. The summed E-state index contributed by atoms with van der Waals surface area (Å²) in [5.41, 5.74) is 10.3. The number of rotatable bonds is 4. The van der Waals surface area contributed by atoms with Gasteiger partial charge in [-0.05, 0) is 75.0 Å². The molecule has 1 aromatic heterocycles. The first kappa shape index (κ1) is 26.5. The van der Waals surface area contributed by atoms with E-state index in [0.29, 0.717) is 0 Å². The van der Waals surface area contributed by atoms with Gasteiger partial charge in [-0.2, -0.15) is 0 Å². The molecule has 1 aliphatic heterocycles. The van der Waals surface area contributed by atoms with E-state index in [2.05, 4.69) is 169 Å². The Morgan fingerprint density at radius 2 is 1.26 bits per heavy atom. The van der Waals surface area contributed by atoms with E-state index in [1.165, 1.54) is 54.6 Å². The maximum atomic E-state index is 5.37. The average Bonchev–Trinajstić information content (AvgIpc) is 3.50. The van der Waals surface area contributed by atoms with E-state index in [1.54, 1.807) is 0 Å². The number of nitrogens with one attached hydrogen (secondary N) is 2. The van der Waals surface area contributed by atoms with Crippen molar-refractivity contribution in [1.29, 1.82) is 0 Å². The van der Waals surface area contributed by atoms with E-state index in [9.17, 15) is 0 Å². The molecule has 0 saturated carbocycles. The number of aliphatic imine (C=N–C) groups is 1. The number of aromatic nitrogens is 1. The van der Waals surface area contributed by atoms with Crippen LogP contribution in [0.25, 0.3) is 60.2 Å². The number of hydrogen-bond acceptors (Lipinski definition) is 2. The summed E-state index contributed by atoms with van der Waals surface area (Å²) in [4.78, 5) is 9.08. The predicted molar refractivity (Wildman–Crippen MR) is 194 cm³/mol. The Balaban J connectivity index is 1.27. The van der Waals surface area contributed by atoms with Crippen LogP contribution in [0, 0.1) is 0 Å². The monoisotopic (exact) mass is 589 g/mol. The minimum atomic E-state index is -0.0287. The van der Waals surface area contributed by atoms with Gasteiger partial charge in [0.15, 0.2) is 0 Å². The number of H-pyrrole nitrogens is 1. The molecule has 0 amide bonds. The Bertz CT molecular complexity index is 2510. The Morgan fingerprint density at radius 3 is 2.15 bits per heavy atom. The lowest BCUT2D eigenvalue weighted by Crippen LogP contribution is -2.33. The molecule has 46 heavy (non-hydrogen) atoms. The Labute approximate surface area is 267 Å². The third-order valence-electron chi connectivity index (χ3n) is 9.44. The fraction of sp³-hybridized carbons (Fsp3) is 0.0465. The third-order valence-corrected chi connectivity index (χ3v) is 9.44. The molecule has 0 bridgehead atoms. The molecule has 1 aliphatic rings. The molecule has 0 saturated heterocycles. The summed E-state index contributed by atoms with van der Waals surface area (Å²) in [7, 11) is 0. The van der Waals surface area contributed by atoms with Gasteiger partial charge in [0.2, 0.25) is 0 Å². The van der Waals surface area contributed by atoms with E-state index in [4.69, 9.17) is 4.99 Å². The standard InChI is InChI=1S/C43H31N3/c1-27-41(33-22-21-28-11-5-6-15-31(28)25-33)45-43(30-13-3-2-4-14-30)46-42(27)36-19-10-20-39-40(36)37-26-32(23-24-38(37)44-39)35-18-9-16-29-12-7-8-17-34(29)35/h2-26,41,44H,1H3,(H,45,46). The number of aromatic amines is 1. The maximum Gasteiger partial charge on any atom is 0.134 e. The summed E-state index contributed by atoms with van der Waals surface area (Å²) < 4.78 is 0. The molecule has 1 unspecified atom stereocenters. The Hall–Kier alpha value is -5.93. The normalized spacial score (nSPS) is 15.1. The Kier molecular flexibility index (Phi) is 6.10. The average molecular weight is 590 g/mol. The third kappa shape index (κ3) is 4.32. The molecule has 218 valence electrons. The molecule has 0 spiro atoms. The van der Waals surface area contributed by atoms with Crippen LogP contribution in [0.4, 0.5) is 0 Å². The zero-order chi connectivity index (χ0) is 30.6. The van der Waals surface area contributed by atoms with E-state index in [0.717, 1.165) is 33.7 Å². The second-order valence-electron chi connectivity index (χ2n) is 12.2. The second-order valence-corrected chi connectivity index (χ2v) is 12.2. The number of hydrogen-bond donors (Lipinski definition) is 2. The van der Waals surface area contributed by atoms with Gasteiger partial charge in [0.05, 0.1) is 11.7 Å². The van der Waals surface area contributed by atoms with Crippen molar-refractivity contribution in [1.82, 2.24) is 10.3 Å². The zero-order valence-electron chi connectivity index (χ0n) is 25.5. The lowest BCUT2D eigenvalue weighted by Gasteiger charge is -2.29. The van der Waals surface area contributed by atoms with Crippen molar-refractivity contribution in [3.05, 3.63) is 174 Å². The van der Waals surface area contributed by atoms with Crippen LogP contribution >= 0.6 is 0 Å². The SMILES string of the molecule is CC1=C(c2cccc3[nH]c4ccc(-c5cccc6ccccc56)cc4c23)N=C(c2ccccc2)NC1c1ccc2ccccc2c1. The van der Waals surface area contributed by atoms with Gasteiger partial charge < -0.3 is 10.3 Å². The Morgan fingerprint density at radius 1 is 0.522 bits per heavy atom. The molecule has 8 aromatic rings. The highest BCUT2D eigenvalue weighted by molar-refractivity contribution is 6.15. The van der Waals surface area contributed by atoms with Gasteiger partial charge in [0.1, 0.15) is 5.84 Å². The number of benzene rings is 7. The first-order chi connectivity index (χ1) is 22.7. The summed E-state index contributed by atoms with van der Waals surface area (Å²) in [6.45, 7) is 2.22. The molecule has 1 atom stereocenters. The van der Waals surface area contributed by atoms with E-state index >= 15 is 0 Å². The lowest BCUT2D eigenvalue weighted by molar-refractivity contribution is 0.735. The smallest absolute Gasteiger partial charge is 0.134 e. The zero-order valence-corrected chi connectivity index (χ0v) is 25.5. The molecule has 0 radical (unpaired) electrons. The van der Waals surface area contributed by atoms with Gasteiger partial charge in [-0.25, -0.2) is 4.99 Å². The molecular formula is C43H31N3. The van der Waals surface area contributed by atoms with E-state index < -0.39 is 0 Å². The van der Waals surface area contributed by atoms with E-state index in [1.807, 2.05) is 0 Å². The minimum absolute atomic E-state index is 0.0287. The summed E-state index contributed by atoms with van der Waals surface area (Å²) in [6, 6.07) is 54.3. The molecule has 2 N–H and O–H groups in total. The van der Waals surface area contributed by atoms with Crippen LogP contribution in [-0.2, 0) is 0 Å². The van der Waals surface area contributed by atoms with Crippen molar-refractivity contribution in [2.75, 3.05) is 0 Å². The molecule has 2 heterocycles. The summed E-state index contributed by atoms with van der Waals surface area (Å²) in [6.07, 6.45) is 0. The van der Waals surface area contributed by atoms with Crippen molar-refractivity contribution in [3.63, 3.8) is 0 Å². The van der Waals surface area contributed by atoms with Crippen LogP contribution in [0.3, 0.4) is 0 Å². The summed E-state index contributed by atoms with van der Waals surface area (Å²) >= 11 is 0. The summed E-state index contributed by atoms with van der Waals surface area (Å²) in [5, 5.41) is 11.2. The topological polar surface area (TPSA) is 40.2 Å². The van der Waals surface area contributed by atoms with Crippen molar-refractivity contribution in [2.45, 2.75) is 13.0 Å². The predicted octanol–water partition coefficient (Wildman–Crippen LogP) is 10.8. The lowest BCUT2D eigenvalue weighted by atomic mass is 9.90. The first-order valence-corrected chi connectivity index (χ1v) is 15.8. The van der Waals surface area contributed by atoms with Crippen molar-refractivity contribution in [3.8, 4) is 11.1 Å². The highest BCUT2D eigenvalue weighted by Crippen LogP contribution is 2.41. The maximum absolute atomic E-state index is 5.37. The number of amidine groups is 1. The molecule has 9 rings (SSSR count). The number of nitrogens with zero attached hydrogens (tertiary/aromatic N) is 1. The van der Waals surface area contributed by atoms with Gasteiger partial charge in [-0.15, -0.1) is 0 Å². The van der Waals surface area contributed by atoms with E-state index in [-0.39, 0.29) is 6.04 Å². The van der Waals surface area contributed by atoms with Crippen LogP contribution in [0.2, 0.25) is 0 Å². The molecule has 3 nitrogen and oxygen atoms in total. The first-order valence-electron chi connectivity index (χ1n) is 15.8. The van der Waals surface area contributed by atoms with Crippen LogP contribution in [0.1, 0.15) is 29.7 Å². The molecular weight excluding hydrogens is 558 g/mol. The fourth-order valence-corrected chi connectivity index (χ4v) is 7.15. The summed E-state index contributed by atoms with van der Waals surface area (Å²) in [5.74, 6) is 0.882. The van der Waals surface area contributed by atoms with Gasteiger partial charge in [-0.3, -0.25) is 0 Å². The number of fused-ring (bicyclic) bond motifs is 5. The van der Waals surface area contributed by atoms with Gasteiger partial charge in [0.25, 0.3) is 0 Å². The van der Waals surface area contributed by atoms with Crippen molar-refractivity contribution >= 4 is 54.9 Å². The van der Waals surface area contributed by atoms with Crippen molar-refractivity contribution in [2.24, 2.45) is 4.99 Å². The van der Waals surface area contributed by atoms with Gasteiger partial charge in [0, 0.05) is 32.9 Å². The highest BCUT2D eigenvalue weighted by atomic mass is 15.1. The second kappa shape index (κ2) is 10.6. The molecule has 0 fully saturated rings. The minimum Gasteiger partial charge on any atom is -0.359 e.